The van der Waals surface area contributed by atoms with Crippen LogP contribution in [0.2, 0.25) is 0 Å². The molecule has 5 heteroatoms. The number of nitro groups is 1. The minimum atomic E-state index is -0.375. The van der Waals surface area contributed by atoms with Gasteiger partial charge in [0.15, 0.2) is 0 Å². The van der Waals surface area contributed by atoms with E-state index in [0.29, 0.717) is 11.8 Å². The van der Waals surface area contributed by atoms with E-state index in [1.807, 2.05) is 0 Å². The van der Waals surface area contributed by atoms with Crippen molar-refractivity contribution in [2.45, 2.75) is 45.6 Å². The van der Waals surface area contributed by atoms with Crippen LogP contribution in [0.5, 0.6) is 5.75 Å². The van der Waals surface area contributed by atoms with E-state index in [-0.39, 0.29) is 10.6 Å². The Hall–Kier alpha value is -1.78. The lowest BCUT2D eigenvalue weighted by Crippen LogP contribution is -2.28. The normalized spacial score (nSPS) is 22.1. The summed E-state index contributed by atoms with van der Waals surface area (Å²) in [5.74, 6) is 2.19. The van der Waals surface area contributed by atoms with Crippen LogP contribution in [-0.2, 0) is 0 Å². The molecule has 116 valence electrons. The zero-order valence-electron chi connectivity index (χ0n) is 13.0. The minimum absolute atomic E-state index is 0.0918. The number of benzene rings is 1. The molecule has 1 aromatic carbocycles. The maximum Gasteiger partial charge on any atom is 0.271 e. The molecular weight excluding hydrogens is 268 g/mol. The lowest BCUT2D eigenvalue weighted by atomic mass is 9.79. The molecule has 0 saturated heterocycles. The second-order valence-corrected chi connectivity index (χ2v) is 6.14. The summed E-state index contributed by atoms with van der Waals surface area (Å²) in [5, 5.41) is 14.3. The van der Waals surface area contributed by atoms with E-state index >= 15 is 0 Å². The zero-order valence-corrected chi connectivity index (χ0v) is 13.0. The first kappa shape index (κ1) is 15.6. The van der Waals surface area contributed by atoms with Crippen molar-refractivity contribution in [3.63, 3.8) is 0 Å². The average molecular weight is 292 g/mol. The summed E-state index contributed by atoms with van der Waals surface area (Å²) < 4.78 is 5.30. The smallest absolute Gasteiger partial charge is 0.271 e. The summed E-state index contributed by atoms with van der Waals surface area (Å²) in [6.45, 7) is 4.56. The van der Waals surface area contributed by atoms with Crippen LogP contribution < -0.4 is 10.1 Å². The number of anilines is 1. The molecule has 1 aliphatic rings. The van der Waals surface area contributed by atoms with E-state index in [2.05, 4.69) is 19.2 Å². The second-order valence-electron chi connectivity index (χ2n) is 6.14. The van der Waals surface area contributed by atoms with E-state index in [9.17, 15) is 10.1 Å². The number of ether oxygens (including phenoxy) is 1. The molecule has 0 amide bonds. The first-order chi connectivity index (χ1) is 10.0. The van der Waals surface area contributed by atoms with E-state index < -0.39 is 0 Å². The van der Waals surface area contributed by atoms with Crippen LogP contribution in [0.25, 0.3) is 0 Å². The largest absolute Gasteiger partial charge is 0.495 e. The molecule has 1 saturated carbocycles. The fourth-order valence-corrected chi connectivity index (χ4v) is 3.07. The highest BCUT2D eigenvalue weighted by Gasteiger charge is 2.24. The molecule has 0 unspecified atom stereocenters. The van der Waals surface area contributed by atoms with Crippen LogP contribution in [0.15, 0.2) is 18.2 Å². The Bertz CT molecular complexity index is 494. The molecule has 1 N–H and O–H groups in total. The summed E-state index contributed by atoms with van der Waals surface area (Å²) in [7, 11) is 1.59. The third-order valence-corrected chi connectivity index (χ3v) is 4.47. The Balaban J connectivity index is 2.05. The molecule has 2 rings (SSSR count). The van der Waals surface area contributed by atoms with Crippen LogP contribution in [0.1, 0.15) is 39.5 Å². The van der Waals surface area contributed by atoms with Gasteiger partial charge in [-0.05, 0) is 43.6 Å². The van der Waals surface area contributed by atoms with Gasteiger partial charge in [-0.25, -0.2) is 0 Å². The Kier molecular flexibility index (Phi) is 5.04. The Morgan fingerprint density at radius 3 is 2.48 bits per heavy atom. The monoisotopic (exact) mass is 292 g/mol. The number of methoxy groups -OCH3 is 1. The first-order valence-corrected chi connectivity index (χ1v) is 7.60. The third-order valence-electron chi connectivity index (χ3n) is 4.47. The minimum Gasteiger partial charge on any atom is -0.495 e. The van der Waals surface area contributed by atoms with Crippen LogP contribution in [-0.4, -0.2) is 18.1 Å². The highest BCUT2D eigenvalue weighted by atomic mass is 16.6. The highest BCUT2D eigenvalue weighted by molar-refractivity contribution is 5.62. The Labute approximate surface area is 125 Å². The molecular formula is C16H24N2O3. The summed E-state index contributed by atoms with van der Waals surface area (Å²) >= 11 is 0. The quantitative estimate of drug-likeness (QED) is 0.651. The maximum absolute atomic E-state index is 10.9. The van der Waals surface area contributed by atoms with E-state index in [4.69, 9.17) is 4.74 Å². The summed E-state index contributed by atoms with van der Waals surface area (Å²) in [6, 6.07) is 5.06. The topological polar surface area (TPSA) is 64.4 Å². The van der Waals surface area contributed by atoms with Gasteiger partial charge >= 0.3 is 0 Å². The molecule has 5 nitrogen and oxygen atoms in total. The van der Waals surface area contributed by atoms with Crippen molar-refractivity contribution in [3.05, 3.63) is 28.3 Å². The van der Waals surface area contributed by atoms with Crippen molar-refractivity contribution in [2.75, 3.05) is 12.4 Å². The van der Waals surface area contributed by atoms with Crippen LogP contribution in [0.3, 0.4) is 0 Å². The van der Waals surface area contributed by atoms with Gasteiger partial charge in [0.25, 0.3) is 5.69 Å². The average Bonchev–Trinajstić information content (AvgIpc) is 2.47. The van der Waals surface area contributed by atoms with Crippen molar-refractivity contribution in [2.24, 2.45) is 11.8 Å². The molecule has 0 aliphatic heterocycles. The highest BCUT2D eigenvalue weighted by Crippen LogP contribution is 2.34. The number of non-ortho nitro benzene ring substituents is 1. The third kappa shape index (κ3) is 3.86. The fourth-order valence-electron chi connectivity index (χ4n) is 3.07. The van der Waals surface area contributed by atoms with Crippen LogP contribution >= 0.6 is 0 Å². The molecule has 0 atom stereocenters. The molecule has 1 fully saturated rings. The molecule has 1 aliphatic carbocycles. The van der Waals surface area contributed by atoms with E-state index in [0.717, 1.165) is 30.4 Å². The predicted molar refractivity (Wildman–Crippen MR) is 83.9 cm³/mol. The molecule has 21 heavy (non-hydrogen) atoms. The van der Waals surface area contributed by atoms with Crippen molar-refractivity contribution < 1.29 is 9.66 Å². The maximum atomic E-state index is 10.9. The fraction of sp³-hybridized carbons (Fsp3) is 0.625. The second kappa shape index (κ2) is 6.78. The molecule has 0 radical (unpaired) electrons. The van der Waals surface area contributed by atoms with Crippen molar-refractivity contribution in [1.82, 2.24) is 0 Å². The molecule has 0 spiro atoms. The first-order valence-electron chi connectivity index (χ1n) is 7.60. The van der Waals surface area contributed by atoms with Gasteiger partial charge in [0, 0.05) is 18.2 Å². The number of hydrogen-bond donors (Lipinski definition) is 1. The summed E-state index contributed by atoms with van der Waals surface area (Å²) in [6.07, 6.45) is 4.64. The molecule has 0 aromatic heterocycles. The van der Waals surface area contributed by atoms with Gasteiger partial charge in [0.2, 0.25) is 0 Å². The number of rotatable bonds is 5. The summed E-state index contributed by atoms with van der Waals surface area (Å²) in [4.78, 5) is 10.5. The van der Waals surface area contributed by atoms with E-state index in [1.165, 1.54) is 18.9 Å². The number of hydrogen-bond acceptors (Lipinski definition) is 4. The van der Waals surface area contributed by atoms with Crippen molar-refractivity contribution >= 4 is 11.4 Å². The van der Waals surface area contributed by atoms with Crippen molar-refractivity contribution in [1.29, 1.82) is 0 Å². The number of nitro benzene ring substituents is 1. The predicted octanol–water partition coefficient (Wildman–Crippen LogP) is 4.23. The Morgan fingerprint density at radius 1 is 1.29 bits per heavy atom. The van der Waals surface area contributed by atoms with Crippen LogP contribution in [0.4, 0.5) is 11.4 Å². The van der Waals surface area contributed by atoms with Gasteiger partial charge in [-0.1, -0.05) is 13.8 Å². The number of nitrogens with zero attached hydrogens (tertiary/aromatic N) is 1. The van der Waals surface area contributed by atoms with Gasteiger partial charge in [0.1, 0.15) is 5.75 Å². The zero-order chi connectivity index (χ0) is 15.4. The van der Waals surface area contributed by atoms with Crippen LogP contribution in [0, 0.1) is 22.0 Å². The Morgan fingerprint density at radius 2 is 1.95 bits per heavy atom. The molecule has 0 bridgehead atoms. The molecule has 1 aromatic rings. The summed E-state index contributed by atoms with van der Waals surface area (Å²) in [5.41, 5.74) is 0.814. The van der Waals surface area contributed by atoms with E-state index in [1.54, 1.807) is 19.2 Å². The van der Waals surface area contributed by atoms with Gasteiger partial charge < -0.3 is 10.1 Å². The number of nitrogens with one attached hydrogen (secondary N) is 1. The van der Waals surface area contributed by atoms with Gasteiger partial charge in [-0.2, -0.15) is 0 Å². The SMILES string of the molecule is COc1ccc([N+](=O)[O-])cc1NC1CCC(C(C)C)CC1. The lowest BCUT2D eigenvalue weighted by molar-refractivity contribution is -0.384. The van der Waals surface area contributed by atoms with Gasteiger partial charge in [-0.15, -0.1) is 0 Å². The molecule has 0 heterocycles. The van der Waals surface area contributed by atoms with Gasteiger partial charge in [-0.3, -0.25) is 10.1 Å². The lowest BCUT2D eigenvalue weighted by Gasteiger charge is -2.32. The van der Waals surface area contributed by atoms with Gasteiger partial charge in [0.05, 0.1) is 17.7 Å². The van der Waals surface area contributed by atoms with Crippen molar-refractivity contribution in [3.8, 4) is 5.75 Å². The standard InChI is InChI=1S/C16H24N2O3/c1-11(2)12-4-6-13(7-5-12)17-15-10-14(18(19)20)8-9-16(15)21-3/h8-13,17H,4-7H2,1-3H3.